The van der Waals surface area contributed by atoms with E-state index < -0.39 is 10.8 Å². The number of halogens is 1. The highest BCUT2D eigenvalue weighted by Crippen LogP contribution is 2.24. The van der Waals surface area contributed by atoms with E-state index in [4.69, 9.17) is 5.73 Å². The van der Waals surface area contributed by atoms with Gasteiger partial charge in [-0.05, 0) is 35.6 Å². The maximum Gasteiger partial charge on any atom is 0.274 e. The van der Waals surface area contributed by atoms with E-state index in [0.29, 0.717) is 9.13 Å². The van der Waals surface area contributed by atoms with Crippen molar-refractivity contribution in [2.75, 3.05) is 0 Å². The fourth-order valence-electron chi connectivity index (χ4n) is 0.996. The van der Waals surface area contributed by atoms with E-state index in [2.05, 4.69) is 0 Å². The number of nitrogens with two attached hydrogens (primary N) is 1. The van der Waals surface area contributed by atoms with Gasteiger partial charge in [-0.25, -0.2) is 0 Å². The number of carbonyl (C=O) groups is 1. The molecule has 0 spiro atoms. The summed E-state index contributed by atoms with van der Waals surface area (Å²) in [5.74, 6) is -0.661. The summed E-state index contributed by atoms with van der Waals surface area (Å²) in [5.41, 5.74) is 5.66. The van der Waals surface area contributed by atoms with Crippen molar-refractivity contribution in [3.05, 3.63) is 36.9 Å². The first-order valence-corrected chi connectivity index (χ1v) is 4.75. The van der Waals surface area contributed by atoms with Gasteiger partial charge in [-0.15, -0.1) is 0 Å². The molecule has 0 bridgehead atoms. The number of carbonyl (C=O) groups excluding carboxylic acids is 1. The zero-order valence-electron chi connectivity index (χ0n) is 7.28. The van der Waals surface area contributed by atoms with Gasteiger partial charge in [0.25, 0.3) is 5.69 Å². The minimum Gasteiger partial charge on any atom is -0.366 e. The summed E-state index contributed by atoms with van der Waals surface area (Å²) < 4.78 is 0.658. The van der Waals surface area contributed by atoms with Crippen LogP contribution in [0, 0.1) is 20.6 Å². The molecule has 0 heterocycles. The van der Waals surface area contributed by atoms with Crippen LogP contribution in [0.5, 0.6) is 0 Å². The molecule has 1 aromatic carbocycles. The number of amides is 1. The zero-order chi connectivity index (χ0) is 10.9. The molecular formula is C8H7IN2O3. The molecule has 2 N–H and O–H groups in total. The molecule has 1 aromatic rings. The maximum atomic E-state index is 10.8. The van der Waals surface area contributed by atoms with Crippen molar-refractivity contribution in [1.82, 2.24) is 0 Å². The molecule has 6 heteroatoms. The highest BCUT2D eigenvalue weighted by molar-refractivity contribution is 14.1. The number of rotatable bonds is 2. The van der Waals surface area contributed by atoms with Crippen molar-refractivity contribution < 1.29 is 9.72 Å². The predicted octanol–water partition coefficient (Wildman–Crippen LogP) is 1.61. The topological polar surface area (TPSA) is 86.2 Å². The molecule has 0 unspecified atom stereocenters. The summed E-state index contributed by atoms with van der Waals surface area (Å²) in [4.78, 5) is 20.9. The summed E-state index contributed by atoms with van der Waals surface area (Å²) in [6.45, 7) is 1.63. The molecular weight excluding hydrogens is 299 g/mol. The van der Waals surface area contributed by atoms with Crippen molar-refractivity contribution in [2.45, 2.75) is 6.92 Å². The average molecular weight is 306 g/mol. The molecule has 0 saturated carbocycles. The van der Waals surface area contributed by atoms with Gasteiger partial charge in [-0.3, -0.25) is 14.9 Å². The van der Waals surface area contributed by atoms with Crippen LogP contribution in [0.15, 0.2) is 12.1 Å². The Kier molecular flexibility index (Phi) is 3.04. The lowest BCUT2D eigenvalue weighted by atomic mass is 10.1. The van der Waals surface area contributed by atoms with Gasteiger partial charge in [0, 0.05) is 20.8 Å². The molecule has 0 aliphatic carbocycles. The van der Waals surface area contributed by atoms with E-state index >= 15 is 0 Å². The molecule has 74 valence electrons. The zero-order valence-corrected chi connectivity index (χ0v) is 9.44. The quantitative estimate of drug-likeness (QED) is 0.511. The lowest BCUT2D eigenvalue weighted by molar-refractivity contribution is -0.385. The normalized spacial score (nSPS) is 9.86. The number of primary amides is 1. The van der Waals surface area contributed by atoms with Crippen molar-refractivity contribution >= 4 is 34.2 Å². The summed E-state index contributed by atoms with van der Waals surface area (Å²) in [7, 11) is 0. The Balaban J connectivity index is 3.43. The van der Waals surface area contributed by atoms with Crippen LogP contribution in [0.3, 0.4) is 0 Å². The first-order valence-electron chi connectivity index (χ1n) is 3.68. The number of benzene rings is 1. The Bertz CT molecular complexity index is 417. The first kappa shape index (κ1) is 10.9. The van der Waals surface area contributed by atoms with Gasteiger partial charge in [0.15, 0.2) is 0 Å². The summed E-state index contributed by atoms with van der Waals surface area (Å²) >= 11 is 1.93. The summed E-state index contributed by atoms with van der Waals surface area (Å²) in [5, 5.41) is 10.6. The Morgan fingerprint density at radius 3 is 2.57 bits per heavy atom. The Labute approximate surface area is 93.6 Å². The minimum atomic E-state index is -0.661. The van der Waals surface area contributed by atoms with E-state index in [1.54, 1.807) is 6.92 Å². The highest BCUT2D eigenvalue weighted by atomic mass is 127. The second kappa shape index (κ2) is 3.91. The third-order valence-electron chi connectivity index (χ3n) is 1.80. The molecule has 5 nitrogen and oxygen atoms in total. The van der Waals surface area contributed by atoms with Crippen LogP contribution in [0.2, 0.25) is 0 Å². The Hall–Kier alpha value is -1.18. The molecule has 0 radical (unpaired) electrons. The fraction of sp³-hybridized carbons (Fsp3) is 0.125. The second-order valence-corrected chi connectivity index (χ2v) is 3.89. The van der Waals surface area contributed by atoms with E-state index in [1.165, 1.54) is 12.1 Å². The molecule has 1 rings (SSSR count). The lowest BCUT2D eigenvalue weighted by Gasteiger charge is -2.02. The van der Waals surface area contributed by atoms with Crippen LogP contribution < -0.4 is 5.73 Å². The standard InChI is InChI=1S/C8H7IN2O3/c1-4-6(9)2-5(8(10)12)3-7(4)11(13)14/h2-3H,1H3,(H2,10,12). The number of hydrogen-bond donors (Lipinski definition) is 1. The molecule has 0 atom stereocenters. The minimum absolute atomic E-state index is 0.0781. The third-order valence-corrected chi connectivity index (χ3v) is 2.92. The highest BCUT2D eigenvalue weighted by Gasteiger charge is 2.16. The monoisotopic (exact) mass is 306 g/mol. The SMILES string of the molecule is Cc1c(I)cc(C(N)=O)cc1[N+](=O)[O-]. The van der Waals surface area contributed by atoms with Crippen molar-refractivity contribution in [3.63, 3.8) is 0 Å². The van der Waals surface area contributed by atoms with E-state index in [1.807, 2.05) is 22.6 Å². The third kappa shape index (κ3) is 2.00. The van der Waals surface area contributed by atoms with Crippen molar-refractivity contribution in [2.24, 2.45) is 5.73 Å². The van der Waals surface area contributed by atoms with Crippen LogP contribution in [-0.4, -0.2) is 10.8 Å². The van der Waals surface area contributed by atoms with Gasteiger partial charge >= 0.3 is 0 Å². The summed E-state index contributed by atoms with van der Waals surface area (Å²) in [6.07, 6.45) is 0. The molecule has 0 aromatic heterocycles. The largest absolute Gasteiger partial charge is 0.366 e. The van der Waals surface area contributed by atoms with Gasteiger partial charge in [0.05, 0.1) is 4.92 Å². The van der Waals surface area contributed by atoms with E-state index in [0.717, 1.165) is 0 Å². The van der Waals surface area contributed by atoms with Crippen LogP contribution in [0.4, 0.5) is 5.69 Å². The fourth-order valence-corrected chi connectivity index (χ4v) is 1.61. The van der Waals surface area contributed by atoms with Gasteiger partial charge in [0.1, 0.15) is 0 Å². The molecule has 14 heavy (non-hydrogen) atoms. The van der Waals surface area contributed by atoms with E-state index in [-0.39, 0.29) is 11.3 Å². The smallest absolute Gasteiger partial charge is 0.274 e. The summed E-state index contributed by atoms with van der Waals surface area (Å²) in [6, 6.07) is 2.73. The van der Waals surface area contributed by atoms with Crippen molar-refractivity contribution in [3.8, 4) is 0 Å². The number of hydrogen-bond acceptors (Lipinski definition) is 3. The van der Waals surface area contributed by atoms with Crippen molar-refractivity contribution in [1.29, 1.82) is 0 Å². The molecule has 0 fully saturated rings. The molecule has 0 saturated heterocycles. The van der Waals surface area contributed by atoms with Crippen LogP contribution in [-0.2, 0) is 0 Å². The van der Waals surface area contributed by atoms with Gasteiger partial charge in [-0.2, -0.15) is 0 Å². The van der Waals surface area contributed by atoms with Crippen LogP contribution >= 0.6 is 22.6 Å². The average Bonchev–Trinajstić information content (AvgIpc) is 2.08. The maximum absolute atomic E-state index is 10.8. The first-order chi connectivity index (χ1) is 6.43. The second-order valence-electron chi connectivity index (χ2n) is 2.72. The Morgan fingerprint density at radius 2 is 2.14 bits per heavy atom. The lowest BCUT2D eigenvalue weighted by Crippen LogP contribution is -2.12. The van der Waals surface area contributed by atoms with Crippen LogP contribution in [0.25, 0.3) is 0 Å². The van der Waals surface area contributed by atoms with Crippen LogP contribution in [0.1, 0.15) is 15.9 Å². The predicted molar refractivity (Wildman–Crippen MR) is 59.1 cm³/mol. The number of nitro benzene ring substituents is 1. The molecule has 1 amide bonds. The van der Waals surface area contributed by atoms with Gasteiger partial charge < -0.3 is 5.73 Å². The Morgan fingerprint density at radius 1 is 1.57 bits per heavy atom. The number of nitro groups is 1. The number of nitrogens with zero attached hydrogens (tertiary/aromatic N) is 1. The molecule has 0 aliphatic heterocycles. The van der Waals surface area contributed by atoms with Gasteiger partial charge in [-0.1, -0.05) is 0 Å². The molecule has 0 aliphatic rings. The van der Waals surface area contributed by atoms with E-state index in [9.17, 15) is 14.9 Å². The van der Waals surface area contributed by atoms with Gasteiger partial charge in [0.2, 0.25) is 5.91 Å².